The summed E-state index contributed by atoms with van der Waals surface area (Å²) in [5.41, 5.74) is 0.0313. The zero-order valence-electron chi connectivity index (χ0n) is 16.1. The molecule has 0 bridgehead atoms. The van der Waals surface area contributed by atoms with Crippen LogP contribution in [0.3, 0.4) is 0 Å². The Hall–Kier alpha value is -3.65. The van der Waals surface area contributed by atoms with Crippen LogP contribution in [0.2, 0.25) is 4.34 Å². The molecule has 0 spiro atoms. The maximum absolute atomic E-state index is 12.6. The quantitative estimate of drug-likeness (QED) is 0.371. The lowest BCUT2D eigenvalue weighted by Gasteiger charge is -2.13. The van der Waals surface area contributed by atoms with Crippen LogP contribution in [0.4, 0.5) is 5.13 Å². The summed E-state index contributed by atoms with van der Waals surface area (Å²) in [7, 11) is -3.97. The standard InChI is InChI=1S/C21H13ClN4O4S2/c22-20-13-25-21(31-20)26-32(27,28)16-5-6-17(14(11-16)12-23)30-19-4-2-1-3-18(19)29-15-7-9-24-10-8-15/h1-11,13H,(H,25,26). The molecule has 2 aromatic heterocycles. The predicted octanol–water partition coefficient (Wildman–Crippen LogP) is 5.45. The second kappa shape index (κ2) is 9.23. The number of nitriles is 1. The summed E-state index contributed by atoms with van der Waals surface area (Å²) in [4.78, 5) is 7.70. The zero-order valence-corrected chi connectivity index (χ0v) is 18.5. The molecule has 0 fully saturated rings. The lowest BCUT2D eigenvalue weighted by atomic mass is 10.2. The number of ether oxygens (including phenoxy) is 2. The molecule has 32 heavy (non-hydrogen) atoms. The minimum atomic E-state index is -3.97. The van der Waals surface area contributed by atoms with Crippen molar-refractivity contribution in [3.05, 3.63) is 83.1 Å². The van der Waals surface area contributed by atoms with Gasteiger partial charge in [0.1, 0.15) is 21.9 Å². The van der Waals surface area contributed by atoms with E-state index in [2.05, 4.69) is 14.7 Å². The molecule has 0 saturated heterocycles. The number of halogens is 1. The number of nitrogens with zero attached hydrogens (tertiary/aromatic N) is 3. The van der Waals surface area contributed by atoms with Crippen LogP contribution in [0, 0.1) is 11.3 Å². The molecule has 0 aliphatic heterocycles. The van der Waals surface area contributed by atoms with E-state index in [0.29, 0.717) is 21.6 Å². The van der Waals surface area contributed by atoms with E-state index in [9.17, 15) is 13.7 Å². The lowest BCUT2D eigenvalue weighted by Crippen LogP contribution is -2.13. The summed E-state index contributed by atoms with van der Waals surface area (Å²) in [5.74, 6) is 1.51. The van der Waals surface area contributed by atoms with Gasteiger partial charge in [0.05, 0.1) is 16.7 Å². The van der Waals surface area contributed by atoms with E-state index in [0.717, 1.165) is 11.3 Å². The van der Waals surface area contributed by atoms with Crippen molar-refractivity contribution >= 4 is 38.1 Å². The number of pyridine rings is 1. The molecule has 4 aromatic rings. The molecule has 0 aliphatic rings. The van der Waals surface area contributed by atoms with Crippen LogP contribution in [0.15, 0.2) is 78.1 Å². The molecular formula is C21H13ClN4O4S2. The molecule has 0 atom stereocenters. The van der Waals surface area contributed by atoms with Crippen molar-refractivity contribution in [1.82, 2.24) is 9.97 Å². The van der Waals surface area contributed by atoms with E-state index >= 15 is 0 Å². The summed E-state index contributed by atoms with van der Waals surface area (Å²) in [6, 6.07) is 16.2. The van der Waals surface area contributed by atoms with E-state index < -0.39 is 10.0 Å². The summed E-state index contributed by atoms with van der Waals surface area (Å²) >= 11 is 6.78. The van der Waals surface area contributed by atoms with Crippen LogP contribution < -0.4 is 14.2 Å². The number of para-hydroxylation sites is 2. The third-order valence-electron chi connectivity index (χ3n) is 4.03. The van der Waals surface area contributed by atoms with Crippen molar-refractivity contribution in [3.63, 3.8) is 0 Å². The molecule has 8 nitrogen and oxygen atoms in total. The predicted molar refractivity (Wildman–Crippen MR) is 120 cm³/mol. The molecule has 0 amide bonds. The van der Waals surface area contributed by atoms with Crippen LogP contribution in [0.25, 0.3) is 0 Å². The monoisotopic (exact) mass is 484 g/mol. The average molecular weight is 485 g/mol. The fourth-order valence-electron chi connectivity index (χ4n) is 2.60. The van der Waals surface area contributed by atoms with Gasteiger partial charge in [0.25, 0.3) is 10.0 Å². The Morgan fingerprint density at radius 1 is 1.00 bits per heavy atom. The molecule has 0 radical (unpaired) electrons. The van der Waals surface area contributed by atoms with Crippen molar-refractivity contribution in [2.75, 3.05) is 4.72 Å². The highest BCUT2D eigenvalue weighted by molar-refractivity contribution is 7.93. The first kappa shape index (κ1) is 21.6. The van der Waals surface area contributed by atoms with E-state index in [1.807, 2.05) is 6.07 Å². The van der Waals surface area contributed by atoms with Crippen LogP contribution in [-0.2, 0) is 10.0 Å². The Morgan fingerprint density at radius 2 is 1.72 bits per heavy atom. The van der Waals surface area contributed by atoms with E-state index in [1.54, 1.807) is 48.8 Å². The summed E-state index contributed by atoms with van der Waals surface area (Å²) in [6.07, 6.45) is 4.53. The Labute approximate surface area is 192 Å². The van der Waals surface area contributed by atoms with Gasteiger partial charge < -0.3 is 9.47 Å². The van der Waals surface area contributed by atoms with Crippen molar-refractivity contribution in [1.29, 1.82) is 5.26 Å². The highest BCUT2D eigenvalue weighted by atomic mass is 35.5. The number of nitrogens with one attached hydrogen (secondary N) is 1. The van der Waals surface area contributed by atoms with Crippen molar-refractivity contribution in [2.24, 2.45) is 0 Å². The Morgan fingerprint density at radius 3 is 2.38 bits per heavy atom. The number of hydrogen-bond acceptors (Lipinski definition) is 8. The number of thiazole rings is 1. The molecular weight excluding hydrogens is 472 g/mol. The average Bonchev–Trinajstić information content (AvgIpc) is 3.19. The molecule has 2 heterocycles. The van der Waals surface area contributed by atoms with Gasteiger partial charge in [-0.15, -0.1) is 0 Å². The van der Waals surface area contributed by atoms with Gasteiger partial charge in [-0.1, -0.05) is 35.1 Å². The van der Waals surface area contributed by atoms with Gasteiger partial charge in [-0.05, 0) is 42.5 Å². The van der Waals surface area contributed by atoms with Crippen LogP contribution in [-0.4, -0.2) is 18.4 Å². The third-order valence-corrected chi connectivity index (χ3v) is 6.52. The maximum atomic E-state index is 12.6. The lowest BCUT2D eigenvalue weighted by molar-refractivity contribution is 0.417. The largest absolute Gasteiger partial charge is 0.453 e. The number of hydrogen-bond donors (Lipinski definition) is 1. The molecule has 0 unspecified atom stereocenters. The van der Waals surface area contributed by atoms with Gasteiger partial charge in [0.15, 0.2) is 16.6 Å². The SMILES string of the molecule is N#Cc1cc(S(=O)(=O)Nc2ncc(Cl)s2)ccc1Oc1ccccc1Oc1ccncc1. The fraction of sp³-hybridized carbons (Fsp3) is 0. The summed E-state index contributed by atoms with van der Waals surface area (Å²) < 4.78 is 39.7. The van der Waals surface area contributed by atoms with Crippen molar-refractivity contribution in [3.8, 4) is 29.1 Å². The topological polar surface area (TPSA) is 114 Å². The van der Waals surface area contributed by atoms with Crippen LogP contribution in [0.5, 0.6) is 23.0 Å². The minimum absolute atomic E-state index is 0.0313. The van der Waals surface area contributed by atoms with Gasteiger partial charge in [0, 0.05) is 12.4 Å². The number of aromatic nitrogens is 2. The molecule has 4 rings (SSSR count). The second-order valence-corrected chi connectivity index (χ2v) is 9.52. The molecule has 0 saturated carbocycles. The first-order chi connectivity index (χ1) is 15.4. The number of benzene rings is 2. The first-order valence-corrected chi connectivity index (χ1v) is 11.7. The number of sulfonamides is 1. The minimum Gasteiger partial charge on any atom is -0.453 e. The van der Waals surface area contributed by atoms with E-state index in [1.165, 1.54) is 24.4 Å². The van der Waals surface area contributed by atoms with Crippen LogP contribution >= 0.6 is 22.9 Å². The summed E-state index contributed by atoms with van der Waals surface area (Å²) in [5, 5.41) is 9.69. The molecule has 160 valence electrons. The first-order valence-electron chi connectivity index (χ1n) is 8.98. The molecule has 0 aliphatic carbocycles. The Kier molecular flexibility index (Phi) is 6.23. The number of anilines is 1. The molecule has 11 heteroatoms. The van der Waals surface area contributed by atoms with Gasteiger partial charge in [-0.25, -0.2) is 13.4 Å². The molecule has 2 aromatic carbocycles. The van der Waals surface area contributed by atoms with Crippen molar-refractivity contribution in [2.45, 2.75) is 4.90 Å². The van der Waals surface area contributed by atoms with Gasteiger partial charge in [0.2, 0.25) is 0 Å². The third kappa shape index (κ3) is 4.97. The highest BCUT2D eigenvalue weighted by Gasteiger charge is 2.19. The zero-order chi connectivity index (χ0) is 22.6. The van der Waals surface area contributed by atoms with Crippen molar-refractivity contribution < 1.29 is 17.9 Å². The normalized spacial score (nSPS) is 10.9. The van der Waals surface area contributed by atoms with Gasteiger partial charge >= 0.3 is 0 Å². The second-order valence-electron chi connectivity index (χ2n) is 6.18. The maximum Gasteiger partial charge on any atom is 0.263 e. The fourth-order valence-corrected chi connectivity index (χ4v) is 4.68. The molecule has 1 N–H and O–H groups in total. The van der Waals surface area contributed by atoms with Crippen LogP contribution in [0.1, 0.15) is 5.56 Å². The Bertz CT molecular complexity index is 1400. The van der Waals surface area contributed by atoms with Gasteiger partial charge in [-0.3, -0.25) is 9.71 Å². The highest BCUT2D eigenvalue weighted by Crippen LogP contribution is 2.36. The van der Waals surface area contributed by atoms with E-state index in [-0.39, 0.29) is 21.3 Å². The Balaban J connectivity index is 1.60. The number of rotatable bonds is 7. The smallest absolute Gasteiger partial charge is 0.263 e. The summed E-state index contributed by atoms with van der Waals surface area (Å²) in [6.45, 7) is 0. The van der Waals surface area contributed by atoms with Gasteiger partial charge in [-0.2, -0.15) is 5.26 Å². The van der Waals surface area contributed by atoms with E-state index in [4.69, 9.17) is 21.1 Å².